The van der Waals surface area contributed by atoms with Crippen LogP contribution in [0.2, 0.25) is 0 Å². The second-order valence-corrected chi connectivity index (χ2v) is 5.43. The van der Waals surface area contributed by atoms with Crippen LogP contribution in [0.25, 0.3) is 0 Å². The molecule has 20 heavy (non-hydrogen) atoms. The molecule has 5 nitrogen and oxygen atoms in total. The van der Waals surface area contributed by atoms with Crippen LogP contribution in [0.4, 0.5) is 0 Å². The first-order chi connectivity index (χ1) is 9.51. The highest BCUT2D eigenvalue weighted by Gasteiger charge is 2.15. The highest BCUT2D eigenvalue weighted by molar-refractivity contribution is 5.26. The van der Waals surface area contributed by atoms with Crippen LogP contribution in [0.15, 0.2) is 24.4 Å². The van der Waals surface area contributed by atoms with Crippen LogP contribution in [-0.4, -0.2) is 14.8 Å². The molecule has 0 fully saturated rings. The van der Waals surface area contributed by atoms with E-state index in [0.717, 1.165) is 29.1 Å². The summed E-state index contributed by atoms with van der Waals surface area (Å²) >= 11 is 0. The van der Waals surface area contributed by atoms with E-state index in [-0.39, 0.29) is 6.04 Å². The normalized spacial score (nSPS) is 12.9. The summed E-state index contributed by atoms with van der Waals surface area (Å²) in [6, 6.07) is 6.54. The summed E-state index contributed by atoms with van der Waals surface area (Å²) in [6.07, 6.45) is 2.76. The van der Waals surface area contributed by atoms with Gasteiger partial charge in [0.25, 0.3) is 0 Å². The van der Waals surface area contributed by atoms with Crippen molar-refractivity contribution in [2.24, 2.45) is 5.84 Å². The van der Waals surface area contributed by atoms with Crippen LogP contribution in [0, 0.1) is 13.8 Å². The molecule has 0 bridgehead atoms. The fourth-order valence-corrected chi connectivity index (χ4v) is 2.31. The van der Waals surface area contributed by atoms with Gasteiger partial charge in [0.05, 0.1) is 11.7 Å². The van der Waals surface area contributed by atoms with Gasteiger partial charge in [0.1, 0.15) is 0 Å². The summed E-state index contributed by atoms with van der Waals surface area (Å²) in [5.74, 6) is 5.71. The third-order valence-corrected chi connectivity index (χ3v) is 3.45. The third kappa shape index (κ3) is 3.23. The Bertz CT molecular complexity index is 573. The van der Waals surface area contributed by atoms with E-state index in [1.165, 1.54) is 0 Å². The van der Waals surface area contributed by atoms with Gasteiger partial charge in [-0.1, -0.05) is 6.07 Å². The van der Waals surface area contributed by atoms with Crippen LogP contribution in [0.5, 0.6) is 0 Å². The molecule has 2 aromatic heterocycles. The Morgan fingerprint density at radius 2 is 2.00 bits per heavy atom. The zero-order chi connectivity index (χ0) is 14.7. The third-order valence-electron chi connectivity index (χ3n) is 3.45. The molecule has 0 aliphatic carbocycles. The molecule has 2 rings (SSSR count). The van der Waals surface area contributed by atoms with Crippen LogP contribution in [0.1, 0.15) is 48.6 Å². The molecule has 0 amide bonds. The van der Waals surface area contributed by atoms with Gasteiger partial charge in [0.15, 0.2) is 0 Å². The van der Waals surface area contributed by atoms with Gasteiger partial charge in [-0.2, -0.15) is 5.10 Å². The molecular formula is C15H23N5. The minimum absolute atomic E-state index is 0.0265. The average Bonchev–Trinajstić information content (AvgIpc) is 2.85. The largest absolute Gasteiger partial charge is 0.271 e. The lowest BCUT2D eigenvalue weighted by molar-refractivity contribution is 0.505. The van der Waals surface area contributed by atoms with Crippen LogP contribution in [0.3, 0.4) is 0 Å². The first-order valence-corrected chi connectivity index (χ1v) is 6.95. The number of pyridine rings is 1. The zero-order valence-corrected chi connectivity index (χ0v) is 12.6. The Hall–Kier alpha value is -1.72. The van der Waals surface area contributed by atoms with Gasteiger partial charge >= 0.3 is 0 Å². The summed E-state index contributed by atoms with van der Waals surface area (Å²) < 4.78 is 1.96. The lowest BCUT2D eigenvalue weighted by atomic mass is 10.0. The molecular weight excluding hydrogens is 250 g/mol. The maximum absolute atomic E-state index is 5.71. The summed E-state index contributed by atoms with van der Waals surface area (Å²) in [7, 11) is 0. The quantitative estimate of drug-likeness (QED) is 0.647. The lowest BCUT2D eigenvalue weighted by Gasteiger charge is -2.17. The van der Waals surface area contributed by atoms with E-state index in [9.17, 15) is 0 Å². The summed E-state index contributed by atoms with van der Waals surface area (Å²) in [5.41, 5.74) is 7.06. The average molecular weight is 273 g/mol. The van der Waals surface area contributed by atoms with Gasteiger partial charge in [-0.25, -0.2) is 0 Å². The smallest absolute Gasteiger partial charge is 0.0644 e. The number of hydrogen-bond donors (Lipinski definition) is 2. The number of aryl methyl sites for hydroxylation is 2. The summed E-state index contributed by atoms with van der Waals surface area (Å²) in [6.45, 7) is 8.23. The number of rotatable bonds is 5. The van der Waals surface area contributed by atoms with E-state index in [2.05, 4.69) is 35.4 Å². The fraction of sp³-hybridized carbons (Fsp3) is 0.467. The van der Waals surface area contributed by atoms with Crippen LogP contribution in [-0.2, 0) is 6.42 Å². The molecule has 0 spiro atoms. The van der Waals surface area contributed by atoms with E-state index in [1.807, 2.05) is 36.9 Å². The molecule has 0 aromatic carbocycles. The molecule has 3 N–H and O–H groups in total. The van der Waals surface area contributed by atoms with Crippen molar-refractivity contribution in [2.75, 3.05) is 0 Å². The Labute approximate surface area is 120 Å². The van der Waals surface area contributed by atoms with E-state index < -0.39 is 0 Å². The Balaban J connectivity index is 2.19. The number of nitrogens with two attached hydrogens (primary N) is 1. The number of nitrogens with zero attached hydrogens (tertiary/aromatic N) is 3. The maximum atomic E-state index is 5.71. The predicted molar refractivity (Wildman–Crippen MR) is 80.1 cm³/mol. The molecule has 0 radical (unpaired) electrons. The zero-order valence-electron chi connectivity index (χ0n) is 12.6. The molecule has 108 valence electrons. The molecule has 0 saturated heterocycles. The first-order valence-electron chi connectivity index (χ1n) is 6.95. The van der Waals surface area contributed by atoms with Crippen molar-refractivity contribution in [3.8, 4) is 0 Å². The van der Waals surface area contributed by atoms with E-state index >= 15 is 0 Å². The number of hydrogen-bond acceptors (Lipinski definition) is 4. The van der Waals surface area contributed by atoms with Crippen molar-refractivity contribution in [1.29, 1.82) is 0 Å². The van der Waals surface area contributed by atoms with Crippen molar-refractivity contribution in [1.82, 2.24) is 20.2 Å². The SMILES string of the molecule is Cc1ccc(C(Cc2ccn(C(C)C)n2)NN)c(C)n1. The monoisotopic (exact) mass is 273 g/mol. The highest BCUT2D eigenvalue weighted by Crippen LogP contribution is 2.20. The van der Waals surface area contributed by atoms with Crippen molar-refractivity contribution >= 4 is 0 Å². The second-order valence-electron chi connectivity index (χ2n) is 5.43. The van der Waals surface area contributed by atoms with Gasteiger partial charge < -0.3 is 0 Å². The Kier molecular flexibility index (Phi) is 4.52. The second kappa shape index (κ2) is 6.15. The van der Waals surface area contributed by atoms with Gasteiger partial charge in [0, 0.05) is 30.0 Å². The summed E-state index contributed by atoms with van der Waals surface area (Å²) in [4.78, 5) is 4.50. The van der Waals surface area contributed by atoms with E-state index in [1.54, 1.807) is 0 Å². The molecule has 1 atom stereocenters. The Morgan fingerprint density at radius 1 is 1.25 bits per heavy atom. The minimum Gasteiger partial charge on any atom is -0.271 e. The number of hydrazine groups is 1. The molecule has 0 aliphatic rings. The van der Waals surface area contributed by atoms with Crippen molar-refractivity contribution in [2.45, 2.75) is 46.2 Å². The lowest BCUT2D eigenvalue weighted by Crippen LogP contribution is -2.30. The van der Waals surface area contributed by atoms with E-state index in [4.69, 9.17) is 5.84 Å². The van der Waals surface area contributed by atoms with Crippen molar-refractivity contribution in [3.63, 3.8) is 0 Å². The Morgan fingerprint density at radius 3 is 2.55 bits per heavy atom. The predicted octanol–water partition coefficient (Wildman–Crippen LogP) is 2.22. The van der Waals surface area contributed by atoms with Gasteiger partial charge in [-0.15, -0.1) is 0 Å². The van der Waals surface area contributed by atoms with Crippen molar-refractivity contribution in [3.05, 3.63) is 47.0 Å². The number of nitrogens with one attached hydrogen (secondary N) is 1. The first kappa shape index (κ1) is 14.7. The van der Waals surface area contributed by atoms with Gasteiger partial charge in [-0.05, 0) is 45.4 Å². The molecule has 0 aliphatic heterocycles. The van der Waals surface area contributed by atoms with Crippen molar-refractivity contribution < 1.29 is 0 Å². The topological polar surface area (TPSA) is 68.8 Å². The minimum atomic E-state index is 0.0265. The standard InChI is InChI=1S/C15H23N5/c1-10(2)20-8-7-13(19-20)9-15(18-16)14-6-5-11(3)17-12(14)4/h5-8,10,15,18H,9,16H2,1-4H3. The van der Waals surface area contributed by atoms with Gasteiger partial charge in [-0.3, -0.25) is 20.9 Å². The van der Waals surface area contributed by atoms with Crippen LogP contribution < -0.4 is 11.3 Å². The highest BCUT2D eigenvalue weighted by atomic mass is 15.3. The molecule has 1 unspecified atom stereocenters. The number of aromatic nitrogens is 3. The molecule has 0 saturated carbocycles. The molecule has 5 heteroatoms. The van der Waals surface area contributed by atoms with Crippen LogP contribution >= 0.6 is 0 Å². The fourth-order valence-electron chi connectivity index (χ4n) is 2.31. The molecule has 2 heterocycles. The summed E-state index contributed by atoms with van der Waals surface area (Å²) in [5, 5.41) is 4.57. The molecule has 2 aromatic rings. The maximum Gasteiger partial charge on any atom is 0.0644 e. The van der Waals surface area contributed by atoms with Gasteiger partial charge in [0.2, 0.25) is 0 Å². The van der Waals surface area contributed by atoms with E-state index in [0.29, 0.717) is 6.04 Å².